The Morgan fingerprint density at radius 2 is 2.20 bits per heavy atom. The van der Waals surface area contributed by atoms with E-state index in [1.165, 1.54) is 7.11 Å². The van der Waals surface area contributed by atoms with Gasteiger partial charge in [-0.15, -0.1) is 11.6 Å². The monoisotopic (exact) mass is 165 g/mol. The fourth-order valence-corrected chi connectivity index (χ4v) is 0.678. The van der Waals surface area contributed by atoms with Gasteiger partial charge in [0, 0.05) is 6.04 Å². The van der Waals surface area contributed by atoms with E-state index in [1.807, 2.05) is 6.92 Å². The van der Waals surface area contributed by atoms with Crippen LogP contribution in [0, 0.1) is 0 Å². The van der Waals surface area contributed by atoms with E-state index in [2.05, 4.69) is 10.1 Å². The molecule has 0 aromatic carbocycles. The summed E-state index contributed by atoms with van der Waals surface area (Å²) in [7, 11) is 3.06. The van der Waals surface area contributed by atoms with Crippen LogP contribution in [0.15, 0.2) is 0 Å². The van der Waals surface area contributed by atoms with Crippen molar-refractivity contribution >= 4 is 17.6 Å². The molecule has 0 aromatic heterocycles. The van der Waals surface area contributed by atoms with Crippen LogP contribution in [0.1, 0.15) is 6.92 Å². The van der Waals surface area contributed by atoms with E-state index in [4.69, 9.17) is 11.6 Å². The summed E-state index contributed by atoms with van der Waals surface area (Å²) >= 11 is 5.64. The predicted octanol–water partition coefficient (Wildman–Crippen LogP) is 0.375. The number of ether oxygens (including phenoxy) is 1. The van der Waals surface area contributed by atoms with Crippen molar-refractivity contribution in [3.63, 3.8) is 0 Å². The Hall–Kier alpha value is -0.280. The van der Waals surface area contributed by atoms with Crippen molar-refractivity contribution in [1.82, 2.24) is 5.32 Å². The first-order chi connectivity index (χ1) is 4.63. The highest BCUT2D eigenvalue weighted by molar-refractivity contribution is 6.30. The minimum Gasteiger partial charge on any atom is -0.468 e. The van der Waals surface area contributed by atoms with Gasteiger partial charge in [0.25, 0.3) is 0 Å². The molecule has 0 radical (unpaired) electrons. The van der Waals surface area contributed by atoms with Crippen molar-refractivity contribution in [2.24, 2.45) is 0 Å². The molecule has 0 saturated carbocycles. The second-order valence-corrected chi connectivity index (χ2v) is 2.47. The third-order valence-corrected chi connectivity index (χ3v) is 1.88. The fourth-order valence-electron chi connectivity index (χ4n) is 0.463. The molecule has 60 valence electrons. The van der Waals surface area contributed by atoms with Gasteiger partial charge in [-0.05, 0) is 14.0 Å². The van der Waals surface area contributed by atoms with Crippen molar-refractivity contribution in [3.05, 3.63) is 0 Å². The molecule has 0 spiro atoms. The first-order valence-corrected chi connectivity index (χ1v) is 3.46. The average Bonchev–Trinajstić information content (AvgIpc) is 2.00. The lowest BCUT2D eigenvalue weighted by atomic mass is 10.2. The van der Waals surface area contributed by atoms with Crippen LogP contribution in [0.4, 0.5) is 0 Å². The standard InChI is InChI=1S/C6H12ClNO2/c1-4(8-2)5(7)6(9)10-3/h4-5,8H,1-3H3. The first kappa shape index (κ1) is 9.72. The second kappa shape index (κ2) is 4.52. The Bertz CT molecular complexity index is 118. The number of halogens is 1. The highest BCUT2D eigenvalue weighted by atomic mass is 35.5. The van der Waals surface area contributed by atoms with E-state index in [0.717, 1.165) is 0 Å². The highest BCUT2D eigenvalue weighted by Crippen LogP contribution is 2.03. The normalized spacial score (nSPS) is 16.0. The molecule has 0 aromatic rings. The van der Waals surface area contributed by atoms with E-state index >= 15 is 0 Å². The Morgan fingerprint density at radius 3 is 2.50 bits per heavy atom. The van der Waals surface area contributed by atoms with Crippen LogP contribution >= 0.6 is 11.6 Å². The summed E-state index contributed by atoms with van der Waals surface area (Å²) in [6.45, 7) is 1.81. The maximum Gasteiger partial charge on any atom is 0.325 e. The van der Waals surface area contributed by atoms with E-state index in [9.17, 15) is 4.79 Å². The Kier molecular flexibility index (Phi) is 4.40. The van der Waals surface area contributed by atoms with E-state index in [-0.39, 0.29) is 6.04 Å². The lowest BCUT2D eigenvalue weighted by Gasteiger charge is -2.13. The summed E-state index contributed by atoms with van der Waals surface area (Å²) in [5.74, 6) is -0.400. The van der Waals surface area contributed by atoms with Gasteiger partial charge >= 0.3 is 5.97 Å². The third-order valence-electron chi connectivity index (χ3n) is 1.32. The van der Waals surface area contributed by atoms with Crippen molar-refractivity contribution in [2.45, 2.75) is 18.3 Å². The number of methoxy groups -OCH3 is 1. The first-order valence-electron chi connectivity index (χ1n) is 3.02. The van der Waals surface area contributed by atoms with Gasteiger partial charge in [-0.2, -0.15) is 0 Å². The zero-order valence-electron chi connectivity index (χ0n) is 6.35. The maximum atomic E-state index is 10.7. The number of esters is 1. The predicted molar refractivity (Wildman–Crippen MR) is 40.2 cm³/mol. The Morgan fingerprint density at radius 1 is 1.70 bits per heavy atom. The quantitative estimate of drug-likeness (QED) is 0.485. The molecule has 0 fully saturated rings. The highest BCUT2D eigenvalue weighted by Gasteiger charge is 2.21. The largest absolute Gasteiger partial charge is 0.468 e. The SMILES string of the molecule is CNC(C)C(Cl)C(=O)OC. The summed E-state index contributed by atoms with van der Waals surface area (Å²) in [6, 6.07) is -0.0610. The number of carbonyl (C=O) groups excluding carboxylic acids is 1. The van der Waals surface area contributed by atoms with Gasteiger partial charge in [-0.1, -0.05) is 0 Å². The summed E-state index contributed by atoms with van der Waals surface area (Å²) in [5, 5.41) is 2.25. The minimum atomic E-state index is -0.602. The van der Waals surface area contributed by atoms with Crippen LogP contribution in [-0.4, -0.2) is 31.5 Å². The lowest BCUT2D eigenvalue weighted by Crippen LogP contribution is -2.37. The molecule has 1 N–H and O–H groups in total. The van der Waals surface area contributed by atoms with Gasteiger partial charge in [0.2, 0.25) is 0 Å². The van der Waals surface area contributed by atoms with Gasteiger partial charge in [0.05, 0.1) is 7.11 Å². The minimum absolute atomic E-state index is 0.0610. The van der Waals surface area contributed by atoms with Crippen LogP contribution in [0.2, 0.25) is 0 Å². The van der Waals surface area contributed by atoms with Gasteiger partial charge in [0.1, 0.15) is 5.38 Å². The van der Waals surface area contributed by atoms with E-state index in [1.54, 1.807) is 7.05 Å². The number of carbonyl (C=O) groups is 1. The third kappa shape index (κ3) is 2.54. The smallest absolute Gasteiger partial charge is 0.325 e. The van der Waals surface area contributed by atoms with Gasteiger partial charge in [-0.25, -0.2) is 0 Å². The molecule has 0 aliphatic rings. The van der Waals surface area contributed by atoms with Crippen LogP contribution in [0.3, 0.4) is 0 Å². The van der Waals surface area contributed by atoms with Crippen LogP contribution in [0.5, 0.6) is 0 Å². The summed E-state index contributed by atoms with van der Waals surface area (Å²) in [4.78, 5) is 10.7. The van der Waals surface area contributed by atoms with E-state index in [0.29, 0.717) is 0 Å². The van der Waals surface area contributed by atoms with Crippen LogP contribution < -0.4 is 5.32 Å². The number of hydrogen-bond donors (Lipinski definition) is 1. The molecule has 3 nitrogen and oxygen atoms in total. The van der Waals surface area contributed by atoms with Crippen molar-refractivity contribution in [2.75, 3.05) is 14.2 Å². The van der Waals surface area contributed by atoms with Crippen molar-refractivity contribution in [1.29, 1.82) is 0 Å². The summed E-state index contributed by atoms with van der Waals surface area (Å²) < 4.78 is 4.42. The second-order valence-electron chi connectivity index (χ2n) is 2.00. The molecule has 0 aliphatic carbocycles. The van der Waals surface area contributed by atoms with Gasteiger partial charge < -0.3 is 10.1 Å². The zero-order chi connectivity index (χ0) is 8.15. The molecule has 0 amide bonds. The zero-order valence-corrected chi connectivity index (χ0v) is 7.11. The Labute approximate surface area is 65.7 Å². The fraction of sp³-hybridized carbons (Fsp3) is 0.833. The molecule has 0 bridgehead atoms. The van der Waals surface area contributed by atoms with Crippen molar-refractivity contribution in [3.8, 4) is 0 Å². The number of alkyl halides is 1. The molecule has 0 saturated heterocycles. The molecule has 10 heavy (non-hydrogen) atoms. The molecule has 2 atom stereocenters. The molecule has 0 heterocycles. The molecule has 0 rings (SSSR count). The number of hydrogen-bond acceptors (Lipinski definition) is 3. The lowest BCUT2D eigenvalue weighted by molar-refractivity contribution is -0.140. The van der Waals surface area contributed by atoms with Gasteiger partial charge in [0.15, 0.2) is 0 Å². The Balaban J connectivity index is 3.81. The summed E-state index contributed by atoms with van der Waals surface area (Å²) in [5.41, 5.74) is 0. The molecular weight excluding hydrogens is 154 g/mol. The van der Waals surface area contributed by atoms with Crippen LogP contribution in [-0.2, 0) is 9.53 Å². The number of nitrogens with one attached hydrogen (secondary N) is 1. The van der Waals surface area contributed by atoms with Crippen LogP contribution in [0.25, 0.3) is 0 Å². The average molecular weight is 166 g/mol. The molecule has 4 heteroatoms. The molecule has 2 unspecified atom stereocenters. The van der Waals surface area contributed by atoms with E-state index < -0.39 is 11.3 Å². The maximum absolute atomic E-state index is 10.7. The summed E-state index contributed by atoms with van der Waals surface area (Å²) in [6.07, 6.45) is 0. The van der Waals surface area contributed by atoms with Crippen molar-refractivity contribution < 1.29 is 9.53 Å². The molecule has 0 aliphatic heterocycles. The topological polar surface area (TPSA) is 38.3 Å². The van der Waals surface area contributed by atoms with Gasteiger partial charge in [-0.3, -0.25) is 4.79 Å². The molecular formula is C6H12ClNO2. The number of rotatable bonds is 3.